The van der Waals surface area contributed by atoms with E-state index >= 15 is 0 Å². The Hall–Kier alpha value is -3.78. The van der Waals surface area contributed by atoms with E-state index in [0.717, 1.165) is 11.1 Å². The maximum Gasteiger partial charge on any atom is 0.239 e. The molecule has 4 aromatic rings. The van der Waals surface area contributed by atoms with Gasteiger partial charge in [-0.3, -0.25) is 4.79 Å². The predicted octanol–water partition coefficient (Wildman–Crippen LogP) is 4.62. The Labute approximate surface area is 224 Å². The van der Waals surface area contributed by atoms with Crippen LogP contribution in [0.25, 0.3) is 0 Å². The lowest BCUT2D eigenvalue weighted by molar-refractivity contribution is -0.124. The van der Waals surface area contributed by atoms with Crippen LogP contribution < -0.4 is 10.0 Å². The van der Waals surface area contributed by atoms with E-state index in [-0.39, 0.29) is 12.2 Å². The third-order valence-electron chi connectivity index (χ3n) is 6.27. The van der Waals surface area contributed by atoms with Crippen LogP contribution in [0.4, 0.5) is 0 Å². The topological polar surface area (TPSA) is 95.5 Å². The van der Waals surface area contributed by atoms with E-state index in [9.17, 15) is 18.3 Å². The Bertz CT molecular complexity index is 1430. The Kier molecular flexibility index (Phi) is 9.07. The van der Waals surface area contributed by atoms with E-state index in [2.05, 4.69) is 10.0 Å². The number of nitrogens with one attached hydrogen (secondary N) is 2. The van der Waals surface area contributed by atoms with Gasteiger partial charge in [-0.05, 0) is 35.6 Å². The minimum absolute atomic E-state index is 0.157. The maximum absolute atomic E-state index is 13.7. The number of hydrogen-bond donors (Lipinski definition) is 3. The maximum atomic E-state index is 13.7. The first-order valence-corrected chi connectivity index (χ1v) is 14.1. The minimum atomic E-state index is -3.86. The molecule has 38 heavy (non-hydrogen) atoms. The number of aliphatic hydroxyl groups is 1. The molecule has 0 heterocycles. The summed E-state index contributed by atoms with van der Waals surface area (Å²) in [7, 11) is -3.86. The molecule has 0 aromatic heterocycles. The lowest BCUT2D eigenvalue weighted by atomic mass is 9.95. The number of rotatable bonds is 11. The van der Waals surface area contributed by atoms with Crippen LogP contribution in [0, 0.1) is 6.92 Å². The molecule has 3 atom stereocenters. The van der Waals surface area contributed by atoms with Crippen LogP contribution >= 0.6 is 0 Å². The summed E-state index contributed by atoms with van der Waals surface area (Å²) in [5.74, 6) is -0.771. The molecule has 0 spiro atoms. The standard InChI is InChI=1S/C31H32N2O4S/c1-23-12-11-15-25(20-23)21-28(33-38(36,37)22-24-13-5-2-6-14-24)31(35)32-29(26-16-7-3-8-17-26)30(34)27-18-9-4-10-19-27/h2-20,28-30,33-34H,21-22H2,1H3,(H,32,35)/t28?,29-,30+/m0/s1. The minimum Gasteiger partial charge on any atom is -0.386 e. The van der Waals surface area contributed by atoms with Crippen molar-refractivity contribution in [3.63, 3.8) is 0 Å². The van der Waals surface area contributed by atoms with Gasteiger partial charge < -0.3 is 10.4 Å². The highest BCUT2D eigenvalue weighted by atomic mass is 32.2. The van der Waals surface area contributed by atoms with Gasteiger partial charge >= 0.3 is 0 Å². The summed E-state index contributed by atoms with van der Waals surface area (Å²) >= 11 is 0. The number of sulfonamides is 1. The molecule has 1 amide bonds. The van der Waals surface area contributed by atoms with E-state index in [0.29, 0.717) is 16.7 Å². The smallest absolute Gasteiger partial charge is 0.239 e. The molecule has 0 bridgehead atoms. The zero-order valence-electron chi connectivity index (χ0n) is 21.2. The van der Waals surface area contributed by atoms with Gasteiger partial charge in [-0.2, -0.15) is 0 Å². The van der Waals surface area contributed by atoms with Crippen molar-refractivity contribution in [2.24, 2.45) is 0 Å². The molecule has 1 unspecified atom stereocenters. The van der Waals surface area contributed by atoms with Crippen LogP contribution in [-0.4, -0.2) is 25.5 Å². The molecule has 6 nitrogen and oxygen atoms in total. The summed E-state index contributed by atoms with van der Waals surface area (Å²) in [6.45, 7) is 1.94. The van der Waals surface area contributed by atoms with E-state index in [4.69, 9.17) is 0 Å². The first kappa shape index (κ1) is 27.3. The number of hydrogen-bond acceptors (Lipinski definition) is 4. The van der Waals surface area contributed by atoms with Gasteiger partial charge in [-0.15, -0.1) is 0 Å². The Morgan fingerprint density at radius 3 is 1.92 bits per heavy atom. The number of carbonyl (C=O) groups excluding carboxylic acids is 1. The van der Waals surface area contributed by atoms with Crippen molar-refractivity contribution in [2.75, 3.05) is 0 Å². The van der Waals surface area contributed by atoms with Crippen molar-refractivity contribution in [1.29, 1.82) is 0 Å². The zero-order chi connectivity index (χ0) is 27.0. The zero-order valence-corrected chi connectivity index (χ0v) is 22.0. The van der Waals surface area contributed by atoms with Crippen molar-refractivity contribution < 1.29 is 18.3 Å². The summed E-state index contributed by atoms with van der Waals surface area (Å²) in [4.78, 5) is 13.7. The summed E-state index contributed by atoms with van der Waals surface area (Å²) < 4.78 is 28.9. The summed E-state index contributed by atoms with van der Waals surface area (Å²) in [5.41, 5.74) is 3.81. The van der Waals surface area contributed by atoms with Crippen LogP contribution in [0.15, 0.2) is 115 Å². The summed E-state index contributed by atoms with van der Waals surface area (Å²) in [5, 5.41) is 14.2. The molecule has 0 aliphatic heterocycles. The molecular formula is C31H32N2O4S. The third-order valence-corrected chi connectivity index (χ3v) is 7.63. The number of aliphatic hydroxyl groups excluding tert-OH is 1. The fourth-order valence-electron chi connectivity index (χ4n) is 4.42. The van der Waals surface area contributed by atoms with Gasteiger partial charge in [-0.1, -0.05) is 121 Å². The molecule has 0 aliphatic carbocycles. The molecule has 4 aromatic carbocycles. The second-order valence-electron chi connectivity index (χ2n) is 9.36. The lowest BCUT2D eigenvalue weighted by Crippen LogP contribution is -2.49. The highest BCUT2D eigenvalue weighted by molar-refractivity contribution is 7.88. The fourth-order valence-corrected chi connectivity index (χ4v) is 5.75. The van der Waals surface area contributed by atoms with Gasteiger partial charge in [0.2, 0.25) is 15.9 Å². The third kappa shape index (κ3) is 7.61. The van der Waals surface area contributed by atoms with Crippen molar-refractivity contribution in [3.8, 4) is 0 Å². The van der Waals surface area contributed by atoms with E-state index in [1.165, 1.54) is 0 Å². The molecule has 0 saturated heterocycles. The predicted molar refractivity (Wildman–Crippen MR) is 150 cm³/mol. The summed E-state index contributed by atoms with van der Waals surface area (Å²) in [6.07, 6.45) is -0.882. The lowest BCUT2D eigenvalue weighted by Gasteiger charge is -2.28. The van der Waals surface area contributed by atoms with Crippen LogP contribution in [0.5, 0.6) is 0 Å². The number of aryl methyl sites for hydroxylation is 1. The van der Waals surface area contributed by atoms with Crippen LogP contribution in [0.3, 0.4) is 0 Å². The SMILES string of the molecule is Cc1cccc(CC(NS(=O)(=O)Cc2ccccc2)C(=O)N[C@@H](c2ccccc2)[C@H](O)c2ccccc2)c1. The molecule has 3 N–H and O–H groups in total. The van der Waals surface area contributed by atoms with Gasteiger partial charge in [0, 0.05) is 0 Å². The Balaban J connectivity index is 1.63. The molecule has 0 saturated carbocycles. The first-order valence-electron chi connectivity index (χ1n) is 12.5. The average Bonchev–Trinajstić information content (AvgIpc) is 2.92. The van der Waals surface area contributed by atoms with E-state index < -0.39 is 34.1 Å². The Morgan fingerprint density at radius 2 is 1.32 bits per heavy atom. The molecule has 7 heteroatoms. The van der Waals surface area contributed by atoms with Crippen LogP contribution in [0.2, 0.25) is 0 Å². The van der Waals surface area contributed by atoms with Gasteiger partial charge in [0.05, 0.1) is 11.8 Å². The molecule has 4 rings (SSSR count). The molecular weight excluding hydrogens is 496 g/mol. The monoisotopic (exact) mass is 528 g/mol. The summed E-state index contributed by atoms with van der Waals surface area (Å²) in [6, 6.07) is 32.8. The van der Waals surface area contributed by atoms with Crippen molar-refractivity contribution in [2.45, 2.75) is 37.3 Å². The van der Waals surface area contributed by atoms with E-state index in [1.54, 1.807) is 36.4 Å². The highest BCUT2D eigenvalue weighted by Gasteiger charge is 2.30. The normalized spacial score (nSPS) is 13.8. The largest absolute Gasteiger partial charge is 0.386 e. The molecule has 0 fully saturated rings. The van der Waals surface area contributed by atoms with Gasteiger partial charge in [-0.25, -0.2) is 13.1 Å². The highest BCUT2D eigenvalue weighted by Crippen LogP contribution is 2.29. The number of amides is 1. The van der Waals surface area contributed by atoms with E-state index in [1.807, 2.05) is 85.8 Å². The van der Waals surface area contributed by atoms with Gasteiger partial charge in [0.25, 0.3) is 0 Å². The van der Waals surface area contributed by atoms with Crippen molar-refractivity contribution >= 4 is 15.9 Å². The van der Waals surface area contributed by atoms with Crippen LogP contribution in [-0.2, 0) is 27.0 Å². The molecule has 0 radical (unpaired) electrons. The fraction of sp³-hybridized carbons (Fsp3) is 0.194. The average molecular weight is 529 g/mol. The first-order chi connectivity index (χ1) is 18.3. The second kappa shape index (κ2) is 12.6. The number of carbonyl (C=O) groups is 1. The Morgan fingerprint density at radius 1 is 0.763 bits per heavy atom. The quantitative estimate of drug-likeness (QED) is 0.265. The second-order valence-corrected chi connectivity index (χ2v) is 11.1. The van der Waals surface area contributed by atoms with Crippen molar-refractivity contribution in [3.05, 3.63) is 143 Å². The number of benzene rings is 4. The van der Waals surface area contributed by atoms with Gasteiger partial charge in [0.1, 0.15) is 12.1 Å². The van der Waals surface area contributed by atoms with Crippen molar-refractivity contribution in [1.82, 2.24) is 10.0 Å². The van der Waals surface area contributed by atoms with Crippen LogP contribution in [0.1, 0.15) is 40.0 Å². The van der Waals surface area contributed by atoms with Gasteiger partial charge in [0.15, 0.2) is 0 Å². The molecule has 196 valence electrons. The molecule has 0 aliphatic rings.